The Hall–Kier alpha value is -1.64. The van der Waals surface area contributed by atoms with Gasteiger partial charge in [-0.25, -0.2) is 0 Å². The Morgan fingerprint density at radius 3 is 3.00 bits per heavy atom. The second-order valence-corrected chi connectivity index (χ2v) is 2.88. The molecule has 0 aliphatic carbocycles. The van der Waals surface area contributed by atoms with Crippen LogP contribution in [0.2, 0.25) is 0 Å². The highest BCUT2D eigenvalue weighted by Crippen LogP contribution is 2.31. The Morgan fingerprint density at radius 2 is 2.25 bits per heavy atom. The zero-order chi connectivity index (χ0) is 8.72. The molecule has 0 saturated heterocycles. The number of aromatic nitrogens is 1. The number of anilines is 1. The van der Waals surface area contributed by atoms with Crippen molar-refractivity contribution in [3.63, 3.8) is 0 Å². The number of benzene rings is 1. The summed E-state index contributed by atoms with van der Waals surface area (Å²) in [7, 11) is 0. The molecular weight excluding hydrogens is 152 g/mol. The van der Waals surface area contributed by atoms with Gasteiger partial charge in [-0.3, -0.25) is 0 Å². The van der Waals surface area contributed by atoms with Crippen LogP contribution in [0.4, 0.5) is 5.69 Å². The predicted molar refractivity (Wildman–Crippen MR) is 49.1 cm³/mol. The third kappa shape index (κ3) is 0.763. The topological polar surface area (TPSA) is 62.0 Å². The molecule has 3 nitrogen and oxygen atoms in total. The molecule has 0 aliphatic heterocycles. The number of nitrogens with two attached hydrogens (primary N) is 1. The number of aromatic hydroxyl groups is 1. The number of phenols is 1. The van der Waals surface area contributed by atoms with Crippen molar-refractivity contribution in [1.29, 1.82) is 0 Å². The van der Waals surface area contributed by atoms with Crippen molar-refractivity contribution < 1.29 is 5.11 Å². The predicted octanol–water partition coefficient (Wildman–Crippen LogP) is 1.76. The molecule has 12 heavy (non-hydrogen) atoms. The van der Waals surface area contributed by atoms with Crippen molar-refractivity contribution in [2.24, 2.45) is 0 Å². The van der Waals surface area contributed by atoms with Gasteiger partial charge in [-0.05, 0) is 19.1 Å². The van der Waals surface area contributed by atoms with Crippen LogP contribution in [0.3, 0.4) is 0 Å². The number of hydrogen-bond donors (Lipinski definition) is 3. The van der Waals surface area contributed by atoms with Gasteiger partial charge >= 0.3 is 0 Å². The van der Waals surface area contributed by atoms with E-state index in [-0.39, 0.29) is 5.75 Å². The molecule has 0 saturated carbocycles. The first-order valence-electron chi connectivity index (χ1n) is 3.75. The molecule has 2 rings (SSSR count). The van der Waals surface area contributed by atoms with Crippen molar-refractivity contribution in [2.45, 2.75) is 6.92 Å². The maximum atomic E-state index is 9.63. The van der Waals surface area contributed by atoms with Crippen molar-refractivity contribution in [3.05, 3.63) is 23.9 Å². The summed E-state index contributed by atoms with van der Waals surface area (Å²) in [6.45, 7) is 1.80. The Kier molecular flexibility index (Phi) is 1.27. The normalized spacial score (nSPS) is 10.8. The lowest BCUT2D eigenvalue weighted by molar-refractivity contribution is 0.478. The molecule has 1 aromatic heterocycles. The maximum absolute atomic E-state index is 9.63. The molecule has 0 atom stereocenters. The van der Waals surface area contributed by atoms with Gasteiger partial charge in [-0.15, -0.1) is 0 Å². The summed E-state index contributed by atoms with van der Waals surface area (Å²) in [6, 6.07) is 3.65. The lowest BCUT2D eigenvalue weighted by Gasteiger charge is -2.03. The molecule has 0 bridgehead atoms. The Bertz CT molecular complexity index is 431. The van der Waals surface area contributed by atoms with Crippen LogP contribution >= 0.6 is 0 Å². The summed E-state index contributed by atoms with van der Waals surface area (Å²) in [5.41, 5.74) is 7.89. The molecule has 0 aliphatic rings. The van der Waals surface area contributed by atoms with Crippen molar-refractivity contribution in [1.82, 2.24) is 4.98 Å². The quantitative estimate of drug-likeness (QED) is 0.517. The molecule has 0 spiro atoms. The van der Waals surface area contributed by atoms with Crippen molar-refractivity contribution in [3.8, 4) is 5.75 Å². The van der Waals surface area contributed by atoms with Gasteiger partial charge < -0.3 is 15.8 Å². The fourth-order valence-corrected chi connectivity index (χ4v) is 1.31. The highest BCUT2D eigenvalue weighted by molar-refractivity contribution is 5.90. The van der Waals surface area contributed by atoms with E-state index in [1.165, 1.54) is 0 Å². The molecular formula is C9H10N2O. The standard InChI is InChI=1S/C9H10N2O/c1-5-7(10)4-8-6(9(5)12)2-3-11-8/h2-4,11-12H,10H2,1H3. The number of rotatable bonds is 0. The minimum absolute atomic E-state index is 0.270. The third-order valence-corrected chi connectivity index (χ3v) is 2.12. The van der Waals surface area contributed by atoms with Crippen LogP contribution < -0.4 is 5.73 Å². The first kappa shape index (κ1) is 7.03. The lowest BCUT2D eigenvalue weighted by Crippen LogP contribution is -1.89. The number of aromatic amines is 1. The highest BCUT2D eigenvalue weighted by atomic mass is 16.3. The lowest BCUT2D eigenvalue weighted by atomic mass is 10.1. The first-order valence-corrected chi connectivity index (χ1v) is 3.75. The maximum Gasteiger partial charge on any atom is 0.129 e. The average Bonchev–Trinajstić information content (AvgIpc) is 2.48. The van der Waals surface area contributed by atoms with Crippen LogP contribution in [0.25, 0.3) is 10.9 Å². The largest absolute Gasteiger partial charge is 0.507 e. The van der Waals surface area contributed by atoms with Crippen LogP contribution in [0, 0.1) is 6.92 Å². The second-order valence-electron chi connectivity index (χ2n) is 2.88. The van der Waals surface area contributed by atoms with Gasteiger partial charge in [0.2, 0.25) is 0 Å². The van der Waals surface area contributed by atoms with Crippen LogP contribution in [0.15, 0.2) is 18.3 Å². The third-order valence-electron chi connectivity index (χ3n) is 2.12. The molecule has 0 unspecified atom stereocenters. The van der Waals surface area contributed by atoms with Crippen LogP contribution in [-0.2, 0) is 0 Å². The number of H-pyrrole nitrogens is 1. The molecule has 3 heteroatoms. The van der Waals surface area contributed by atoms with Crippen LogP contribution in [0.1, 0.15) is 5.56 Å². The van der Waals surface area contributed by atoms with E-state index in [0.717, 1.165) is 16.5 Å². The van der Waals surface area contributed by atoms with Gasteiger partial charge in [0.25, 0.3) is 0 Å². The number of hydrogen-bond acceptors (Lipinski definition) is 2. The SMILES string of the molecule is Cc1c(N)cc2[nH]ccc2c1O. The monoisotopic (exact) mass is 162 g/mol. The van der Waals surface area contributed by atoms with Gasteiger partial charge in [-0.2, -0.15) is 0 Å². The molecule has 4 N–H and O–H groups in total. The fraction of sp³-hybridized carbons (Fsp3) is 0.111. The number of nitrogen functional groups attached to an aromatic ring is 1. The molecule has 2 aromatic rings. The van der Waals surface area contributed by atoms with Crippen molar-refractivity contribution in [2.75, 3.05) is 5.73 Å². The summed E-state index contributed by atoms with van der Waals surface area (Å²) in [4.78, 5) is 2.99. The minimum Gasteiger partial charge on any atom is -0.507 e. The number of fused-ring (bicyclic) bond motifs is 1. The molecule has 0 amide bonds. The van der Waals surface area contributed by atoms with E-state index in [0.29, 0.717) is 5.69 Å². The van der Waals surface area contributed by atoms with Crippen molar-refractivity contribution >= 4 is 16.6 Å². The smallest absolute Gasteiger partial charge is 0.129 e. The van der Waals surface area contributed by atoms with Crippen LogP contribution in [-0.4, -0.2) is 10.1 Å². The van der Waals surface area contributed by atoms with E-state index in [1.54, 1.807) is 13.1 Å². The van der Waals surface area contributed by atoms with Gasteiger partial charge in [-0.1, -0.05) is 0 Å². The average molecular weight is 162 g/mol. The zero-order valence-corrected chi connectivity index (χ0v) is 6.76. The Labute approximate surface area is 69.8 Å². The van der Waals surface area contributed by atoms with E-state index >= 15 is 0 Å². The van der Waals surface area contributed by atoms with E-state index in [2.05, 4.69) is 4.98 Å². The summed E-state index contributed by atoms with van der Waals surface area (Å²) in [5, 5.41) is 10.4. The van der Waals surface area contributed by atoms with E-state index in [1.807, 2.05) is 12.1 Å². The molecule has 0 fully saturated rings. The van der Waals surface area contributed by atoms with Crippen LogP contribution in [0.5, 0.6) is 5.75 Å². The molecule has 1 aromatic carbocycles. The van der Waals surface area contributed by atoms with Gasteiger partial charge in [0, 0.05) is 22.8 Å². The van der Waals surface area contributed by atoms with E-state index in [4.69, 9.17) is 5.73 Å². The van der Waals surface area contributed by atoms with E-state index < -0.39 is 0 Å². The summed E-state index contributed by atoms with van der Waals surface area (Å²) < 4.78 is 0. The Morgan fingerprint density at radius 1 is 1.50 bits per heavy atom. The second kappa shape index (κ2) is 2.17. The minimum atomic E-state index is 0.270. The Balaban J connectivity index is 2.94. The molecule has 0 radical (unpaired) electrons. The number of phenolic OH excluding ortho intramolecular Hbond substituents is 1. The van der Waals surface area contributed by atoms with Gasteiger partial charge in [0.15, 0.2) is 0 Å². The summed E-state index contributed by atoms with van der Waals surface area (Å²) in [5.74, 6) is 0.270. The molecule has 62 valence electrons. The van der Waals surface area contributed by atoms with Gasteiger partial charge in [0.1, 0.15) is 5.75 Å². The van der Waals surface area contributed by atoms with Gasteiger partial charge in [0.05, 0.1) is 5.52 Å². The fourth-order valence-electron chi connectivity index (χ4n) is 1.31. The first-order chi connectivity index (χ1) is 5.70. The summed E-state index contributed by atoms with van der Waals surface area (Å²) >= 11 is 0. The highest BCUT2D eigenvalue weighted by Gasteiger charge is 2.06. The van der Waals surface area contributed by atoms with E-state index in [9.17, 15) is 5.11 Å². The zero-order valence-electron chi connectivity index (χ0n) is 6.76. The number of nitrogens with one attached hydrogen (secondary N) is 1. The molecule has 1 heterocycles. The summed E-state index contributed by atoms with van der Waals surface area (Å²) in [6.07, 6.45) is 1.78.